The molecule has 3 rings (SSSR count). The zero-order chi connectivity index (χ0) is 18.0. The third kappa shape index (κ3) is 3.92. The van der Waals surface area contributed by atoms with Crippen LogP contribution in [0, 0.1) is 6.92 Å². The van der Waals surface area contributed by atoms with Crippen LogP contribution in [0.5, 0.6) is 0 Å². The summed E-state index contributed by atoms with van der Waals surface area (Å²) in [5, 5.41) is 4.38. The van der Waals surface area contributed by atoms with Gasteiger partial charge in [0.1, 0.15) is 0 Å². The van der Waals surface area contributed by atoms with E-state index in [-0.39, 0.29) is 10.8 Å². The van der Waals surface area contributed by atoms with Crippen molar-refractivity contribution in [2.75, 3.05) is 38.5 Å². The molecule has 0 unspecified atom stereocenters. The number of piperazine rings is 1. The van der Waals surface area contributed by atoms with Crippen molar-refractivity contribution in [2.45, 2.75) is 11.8 Å². The quantitative estimate of drug-likeness (QED) is 0.885. The minimum atomic E-state index is -3.54. The molecule has 2 aromatic rings. The number of carbonyl (C=O) groups excluding carboxylic acids is 1. The maximum absolute atomic E-state index is 12.7. The molecule has 1 amide bonds. The first kappa shape index (κ1) is 18.1. The molecule has 1 aliphatic heterocycles. The van der Waals surface area contributed by atoms with Gasteiger partial charge in [0.25, 0.3) is 5.91 Å². The Morgan fingerprint density at radius 3 is 2.52 bits per heavy atom. The number of rotatable bonds is 4. The van der Waals surface area contributed by atoms with E-state index in [1.807, 2.05) is 38.2 Å². The van der Waals surface area contributed by atoms with Crippen LogP contribution in [0.25, 0.3) is 0 Å². The van der Waals surface area contributed by atoms with Gasteiger partial charge in [-0.15, -0.1) is 11.3 Å². The Kier molecular flexibility index (Phi) is 5.24. The van der Waals surface area contributed by atoms with Gasteiger partial charge in [-0.1, -0.05) is 18.2 Å². The fourth-order valence-corrected chi connectivity index (χ4v) is 5.23. The zero-order valence-corrected chi connectivity index (χ0v) is 15.9. The summed E-state index contributed by atoms with van der Waals surface area (Å²) in [6, 6.07) is 8.94. The average Bonchev–Trinajstić information content (AvgIpc) is 3.08. The lowest BCUT2D eigenvalue weighted by Crippen LogP contribution is -2.46. The number of benzene rings is 1. The molecule has 0 bridgehead atoms. The van der Waals surface area contributed by atoms with Crippen LogP contribution < -0.4 is 5.32 Å². The van der Waals surface area contributed by atoms with Gasteiger partial charge >= 0.3 is 0 Å². The summed E-state index contributed by atoms with van der Waals surface area (Å²) in [5.41, 5.74) is 1.68. The Morgan fingerprint density at radius 1 is 1.16 bits per heavy atom. The smallest absolute Gasteiger partial charge is 0.265 e. The van der Waals surface area contributed by atoms with Gasteiger partial charge in [-0.25, -0.2) is 8.42 Å². The summed E-state index contributed by atoms with van der Waals surface area (Å²) in [6.07, 6.45) is 0. The van der Waals surface area contributed by atoms with Crippen molar-refractivity contribution >= 4 is 33.0 Å². The van der Waals surface area contributed by atoms with E-state index in [0.29, 0.717) is 31.1 Å². The minimum absolute atomic E-state index is 0.192. The van der Waals surface area contributed by atoms with E-state index in [1.54, 1.807) is 5.38 Å². The molecule has 0 saturated carbocycles. The Morgan fingerprint density at radius 2 is 1.84 bits per heavy atom. The van der Waals surface area contributed by atoms with E-state index >= 15 is 0 Å². The second-order valence-corrected chi connectivity index (χ2v) is 8.97. The van der Waals surface area contributed by atoms with E-state index in [4.69, 9.17) is 0 Å². The lowest BCUT2D eigenvalue weighted by molar-refractivity contribution is 0.103. The number of carbonyl (C=O) groups is 1. The van der Waals surface area contributed by atoms with Crippen molar-refractivity contribution in [2.24, 2.45) is 0 Å². The number of hydrogen-bond acceptors (Lipinski definition) is 5. The summed E-state index contributed by atoms with van der Waals surface area (Å²) in [4.78, 5) is 15.1. The second-order valence-electron chi connectivity index (χ2n) is 6.12. The normalized spacial score (nSPS) is 16.7. The molecular weight excluding hydrogens is 358 g/mol. The molecule has 1 fully saturated rings. The maximum Gasteiger partial charge on any atom is 0.265 e. The fourth-order valence-electron chi connectivity index (χ4n) is 2.65. The summed E-state index contributed by atoms with van der Waals surface area (Å²) in [5.74, 6) is -0.292. The van der Waals surface area contributed by atoms with Crippen molar-refractivity contribution in [3.63, 3.8) is 0 Å². The predicted molar refractivity (Wildman–Crippen MR) is 99.7 cm³/mol. The van der Waals surface area contributed by atoms with E-state index in [1.165, 1.54) is 10.4 Å². The Labute approximate surface area is 152 Å². The summed E-state index contributed by atoms with van der Waals surface area (Å²) in [7, 11) is -1.57. The van der Waals surface area contributed by atoms with Crippen LogP contribution in [0.2, 0.25) is 0 Å². The lowest BCUT2D eigenvalue weighted by Gasteiger charge is -2.31. The molecular formula is C17H21N3O3S2. The fraction of sp³-hybridized carbons (Fsp3) is 0.353. The molecule has 1 N–H and O–H groups in total. The molecule has 0 atom stereocenters. The highest BCUT2D eigenvalue weighted by molar-refractivity contribution is 7.89. The zero-order valence-electron chi connectivity index (χ0n) is 14.2. The molecule has 1 aliphatic rings. The molecule has 0 aliphatic carbocycles. The summed E-state index contributed by atoms with van der Waals surface area (Å²) < 4.78 is 26.9. The van der Waals surface area contributed by atoms with Crippen LogP contribution >= 0.6 is 11.3 Å². The largest absolute Gasteiger partial charge is 0.321 e. The van der Waals surface area contributed by atoms with Crippen molar-refractivity contribution in [1.82, 2.24) is 9.21 Å². The standard InChI is InChI=1S/C17H21N3O3S2/c1-13-5-3-4-6-15(13)18-17(21)16-11-14(12-24-16)25(22,23)20-9-7-19(2)8-10-20/h3-6,11-12H,7-10H2,1-2H3,(H,18,21). The predicted octanol–water partition coefficient (Wildman–Crippen LogP) is 2.24. The molecule has 0 radical (unpaired) electrons. The third-order valence-electron chi connectivity index (χ3n) is 4.29. The summed E-state index contributed by atoms with van der Waals surface area (Å²) in [6.45, 7) is 4.28. The number of aryl methyl sites for hydroxylation is 1. The Balaban J connectivity index is 1.75. The number of anilines is 1. The molecule has 2 heterocycles. The molecule has 134 valence electrons. The van der Waals surface area contributed by atoms with Crippen LogP contribution in [-0.4, -0.2) is 56.8 Å². The number of hydrogen-bond donors (Lipinski definition) is 1. The minimum Gasteiger partial charge on any atom is -0.321 e. The number of para-hydroxylation sites is 1. The van der Waals surface area contributed by atoms with Crippen LogP contribution in [0.1, 0.15) is 15.2 Å². The Bertz CT molecular complexity index is 869. The molecule has 1 aromatic heterocycles. The van der Waals surface area contributed by atoms with Gasteiger partial charge in [-0.05, 0) is 31.7 Å². The van der Waals surface area contributed by atoms with Crippen LogP contribution in [0.15, 0.2) is 40.6 Å². The van der Waals surface area contributed by atoms with Crippen molar-refractivity contribution in [1.29, 1.82) is 0 Å². The SMILES string of the molecule is Cc1ccccc1NC(=O)c1cc(S(=O)(=O)N2CCN(C)CC2)cs1. The second kappa shape index (κ2) is 7.25. The molecule has 8 heteroatoms. The monoisotopic (exact) mass is 379 g/mol. The topological polar surface area (TPSA) is 69.7 Å². The van der Waals surface area contributed by atoms with Crippen molar-refractivity contribution in [3.05, 3.63) is 46.2 Å². The van der Waals surface area contributed by atoms with Crippen molar-refractivity contribution in [3.8, 4) is 0 Å². The summed E-state index contributed by atoms with van der Waals surface area (Å²) >= 11 is 1.15. The molecule has 6 nitrogen and oxygen atoms in total. The van der Waals surface area contributed by atoms with E-state index in [2.05, 4.69) is 10.2 Å². The number of likely N-dealkylation sites (N-methyl/N-ethyl adjacent to an activating group) is 1. The number of sulfonamides is 1. The van der Waals surface area contributed by atoms with Crippen LogP contribution in [-0.2, 0) is 10.0 Å². The average molecular weight is 380 g/mol. The molecule has 1 aromatic carbocycles. The van der Waals surface area contributed by atoms with Gasteiger partial charge in [-0.3, -0.25) is 4.79 Å². The van der Waals surface area contributed by atoms with E-state index < -0.39 is 10.0 Å². The van der Waals surface area contributed by atoms with Gasteiger partial charge < -0.3 is 10.2 Å². The molecule has 25 heavy (non-hydrogen) atoms. The highest BCUT2D eigenvalue weighted by Crippen LogP contribution is 2.25. The molecule has 0 spiro atoms. The van der Waals surface area contributed by atoms with E-state index in [0.717, 1.165) is 22.6 Å². The van der Waals surface area contributed by atoms with E-state index in [9.17, 15) is 13.2 Å². The van der Waals surface area contributed by atoms with Crippen LogP contribution in [0.3, 0.4) is 0 Å². The first-order chi connectivity index (χ1) is 11.9. The lowest BCUT2D eigenvalue weighted by atomic mass is 10.2. The number of thiophene rings is 1. The highest BCUT2D eigenvalue weighted by Gasteiger charge is 2.29. The van der Waals surface area contributed by atoms with Gasteiger partial charge in [0.05, 0.1) is 9.77 Å². The first-order valence-corrected chi connectivity index (χ1v) is 10.3. The molecule has 1 saturated heterocycles. The van der Waals surface area contributed by atoms with Gasteiger partial charge in [-0.2, -0.15) is 4.31 Å². The van der Waals surface area contributed by atoms with Crippen molar-refractivity contribution < 1.29 is 13.2 Å². The Hall–Kier alpha value is -1.74. The van der Waals surface area contributed by atoms with Crippen LogP contribution in [0.4, 0.5) is 5.69 Å². The number of nitrogens with zero attached hydrogens (tertiary/aromatic N) is 2. The van der Waals surface area contributed by atoms with Gasteiger partial charge in [0.15, 0.2) is 0 Å². The van der Waals surface area contributed by atoms with Gasteiger partial charge in [0.2, 0.25) is 10.0 Å². The number of nitrogens with one attached hydrogen (secondary N) is 1. The first-order valence-electron chi connectivity index (χ1n) is 8.02. The van der Waals surface area contributed by atoms with Gasteiger partial charge in [0, 0.05) is 37.2 Å². The third-order valence-corrected chi connectivity index (χ3v) is 7.25. The number of amides is 1. The highest BCUT2D eigenvalue weighted by atomic mass is 32.2. The maximum atomic E-state index is 12.7.